The molecule has 17 heavy (non-hydrogen) atoms. The predicted octanol–water partition coefficient (Wildman–Crippen LogP) is 4.10. The largest absolute Gasteiger partial charge is 0.264 e. The van der Waals surface area contributed by atoms with Crippen LogP contribution in [0.15, 0.2) is 22.7 Å². The summed E-state index contributed by atoms with van der Waals surface area (Å²) in [4.78, 5) is 0. The van der Waals surface area contributed by atoms with Crippen molar-refractivity contribution in [3.63, 3.8) is 0 Å². The maximum absolute atomic E-state index is 13.7. The van der Waals surface area contributed by atoms with E-state index in [0.717, 1.165) is 15.9 Å². The van der Waals surface area contributed by atoms with E-state index in [1.54, 1.807) is 10.7 Å². The van der Waals surface area contributed by atoms with E-state index >= 15 is 0 Å². The molecule has 0 atom stereocenters. The molecule has 5 heteroatoms. The van der Waals surface area contributed by atoms with Crippen LogP contribution in [0.1, 0.15) is 17.0 Å². The molecule has 0 saturated heterocycles. The third-order valence-electron chi connectivity index (χ3n) is 2.63. The third kappa shape index (κ3) is 2.53. The molecule has 2 aromatic rings. The molecule has 2 rings (SSSR count). The van der Waals surface area contributed by atoms with E-state index in [1.165, 1.54) is 6.07 Å². The maximum atomic E-state index is 13.7. The second kappa shape index (κ2) is 4.78. The molecule has 0 saturated carbocycles. The Labute approximate surface area is 113 Å². The number of benzene rings is 1. The Kier molecular flexibility index (Phi) is 3.54. The molecular weight excluding hydrogens is 307 g/mol. The highest BCUT2D eigenvalue weighted by Gasteiger charge is 2.11. The van der Waals surface area contributed by atoms with Gasteiger partial charge in [-0.05, 0) is 26.0 Å². The van der Waals surface area contributed by atoms with Crippen LogP contribution in [0, 0.1) is 19.7 Å². The molecule has 0 bridgehead atoms. The molecule has 0 N–H and O–H groups in total. The number of hydrogen-bond donors (Lipinski definition) is 0. The Hall–Kier alpha value is -0.870. The lowest BCUT2D eigenvalue weighted by atomic mass is 10.2. The third-order valence-corrected chi connectivity index (χ3v) is 3.67. The van der Waals surface area contributed by atoms with Gasteiger partial charge in [-0.1, -0.05) is 33.6 Å². The zero-order valence-electron chi connectivity index (χ0n) is 9.47. The van der Waals surface area contributed by atoms with Crippen LogP contribution in [0.4, 0.5) is 4.39 Å². The van der Waals surface area contributed by atoms with Gasteiger partial charge in [-0.2, -0.15) is 5.10 Å². The minimum atomic E-state index is -0.247. The normalized spacial score (nSPS) is 10.9. The van der Waals surface area contributed by atoms with E-state index in [-0.39, 0.29) is 5.82 Å². The lowest BCUT2D eigenvalue weighted by Gasteiger charge is -2.06. The average molecular weight is 318 g/mol. The van der Waals surface area contributed by atoms with Crippen LogP contribution in [-0.4, -0.2) is 9.78 Å². The van der Waals surface area contributed by atoms with Crippen LogP contribution in [0.25, 0.3) is 0 Å². The van der Waals surface area contributed by atoms with Crippen LogP contribution in [0.5, 0.6) is 0 Å². The summed E-state index contributed by atoms with van der Waals surface area (Å²) in [6.45, 7) is 4.10. The van der Waals surface area contributed by atoms with Gasteiger partial charge in [0.15, 0.2) is 0 Å². The van der Waals surface area contributed by atoms with Gasteiger partial charge in [-0.15, -0.1) is 0 Å². The molecule has 1 heterocycles. The van der Waals surface area contributed by atoms with E-state index in [1.807, 2.05) is 19.9 Å². The second-order valence-electron chi connectivity index (χ2n) is 3.88. The first kappa shape index (κ1) is 12.6. The zero-order chi connectivity index (χ0) is 12.6. The highest BCUT2D eigenvalue weighted by Crippen LogP contribution is 2.21. The van der Waals surface area contributed by atoms with Crippen LogP contribution in [0.3, 0.4) is 0 Å². The Morgan fingerprint density at radius 2 is 2.12 bits per heavy atom. The van der Waals surface area contributed by atoms with E-state index in [0.29, 0.717) is 17.1 Å². The van der Waals surface area contributed by atoms with E-state index < -0.39 is 0 Å². The molecule has 0 aliphatic rings. The summed E-state index contributed by atoms with van der Waals surface area (Å²) in [7, 11) is 0. The van der Waals surface area contributed by atoms with Crippen molar-refractivity contribution in [2.24, 2.45) is 0 Å². The van der Waals surface area contributed by atoms with Gasteiger partial charge in [-0.3, -0.25) is 4.68 Å². The number of nitrogens with zero attached hydrogens (tertiary/aromatic N) is 2. The highest BCUT2D eigenvalue weighted by molar-refractivity contribution is 9.10. The van der Waals surface area contributed by atoms with Crippen molar-refractivity contribution in [2.45, 2.75) is 20.4 Å². The molecule has 0 aliphatic carbocycles. The van der Waals surface area contributed by atoms with Crippen LogP contribution >= 0.6 is 27.5 Å². The summed E-state index contributed by atoms with van der Waals surface area (Å²) in [6.07, 6.45) is 0. The highest BCUT2D eigenvalue weighted by atomic mass is 79.9. The van der Waals surface area contributed by atoms with Gasteiger partial charge >= 0.3 is 0 Å². The molecule has 1 aromatic carbocycles. The number of halogens is 3. The summed E-state index contributed by atoms with van der Waals surface area (Å²) in [5.41, 5.74) is 2.21. The maximum Gasteiger partial charge on any atom is 0.129 e. The SMILES string of the molecule is Cc1nn(Cc2ccc(Br)cc2F)c(C)c1Cl. The smallest absolute Gasteiger partial charge is 0.129 e. The Balaban J connectivity index is 2.34. The number of aryl methyl sites for hydroxylation is 1. The zero-order valence-corrected chi connectivity index (χ0v) is 11.8. The molecule has 0 aliphatic heterocycles. The molecule has 2 nitrogen and oxygen atoms in total. The van der Waals surface area contributed by atoms with Crippen molar-refractivity contribution >= 4 is 27.5 Å². The van der Waals surface area contributed by atoms with Gasteiger partial charge in [-0.25, -0.2) is 4.39 Å². The lowest BCUT2D eigenvalue weighted by Crippen LogP contribution is -2.05. The first-order chi connectivity index (χ1) is 7.99. The molecule has 0 fully saturated rings. The first-order valence-corrected chi connectivity index (χ1v) is 6.29. The van der Waals surface area contributed by atoms with Gasteiger partial charge in [0.2, 0.25) is 0 Å². The molecular formula is C12H11BrClFN2. The van der Waals surface area contributed by atoms with Crippen molar-refractivity contribution in [2.75, 3.05) is 0 Å². The Morgan fingerprint density at radius 3 is 2.65 bits per heavy atom. The van der Waals surface area contributed by atoms with Crippen LogP contribution in [-0.2, 0) is 6.54 Å². The van der Waals surface area contributed by atoms with Gasteiger partial charge in [0, 0.05) is 10.0 Å². The van der Waals surface area contributed by atoms with Crippen molar-refractivity contribution in [3.05, 3.63) is 50.5 Å². The molecule has 0 radical (unpaired) electrons. The molecule has 90 valence electrons. The minimum Gasteiger partial charge on any atom is -0.264 e. The monoisotopic (exact) mass is 316 g/mol. The van der Waals surface area contributed by atoms with Crippen LogP contribution in [0.2, 0.25) is 5.02 Å². The van der Waals surface area contributed by atoms with E-state index in [4.69, 9.17) is 11.6 Å². The van der Waals surface area contributed by atoms with Crippen LogP contribution < -0.4 is 0 Å². The molecule has 0 spiro atoms. The van der Waals surface area contributed by atoms with Crippen molar-refractivity contribution < 1.29 is 4.39 Å². The molecule has 1 aromatic heterocycles. The standard InChI is InChI=1S/C12H11BrClFN2/c1-7-12(14)8(2)17(16-7)6-9-3-4-10(13)5-11(9)15/h3-5H,6H2,1-2H3. The summed E-state index contributed by atoms with van der Waals surface area (Å²) >= 11 is 9.27. The molecule has 0 unspecified atom stereocenters. The number of hydrogen-bond acceptors (Lipinski definition) is 1. The van der Waals surface area contributed by atoms with Gasteiger partial charge in [0.05, 0.1) is 23.0 Å². The van der Waals surface area contributed by atoms with Gasteiger partial charge in [0.1, 0.15) is 5.82 Å². The van der Waals surface area contributed by atoms with Gasteiger partial charge in [0.25, 0.3) is 0 Å². The summed E-state index contributed by atoms with van der Waals surface area (Å²) < 4.78 is 16.1. The minimum absolute atomic E-state index is 0.247. The summed E-state index contributed by atoms with van der Waals surface area (Å²) in [5, 5.41) is 4.92. The topological polar surface area (TPSA) is 17.8 Å². The summed E-state index contributed by atoms with van der Waals surface area (Å²) in [6, 6.07) is 5.00. The van der Waals surface area contributed by atoms with Crippen molar-refractivity contribution in [1.29, 1.82) is 0 Å². The lowest BCUT2D eigenvalue weighted by molar-refractivity contribution is 0.578. The number of rotatable bonds is 2. The molecule has 0 amide bonds. The fourth-order valence-corrected chi connectivity index (χ4v) is 2.11. The average Bonchev–Trinajstić information content (AvgIpc) is 2.50. The first-order valence-electron chi connectivity index (χ1n) is 5.12. The fourth-order valence-electron chi connectivity index (χ4n) is 1.64. The van der Waals surface area contributed by atoms with Gasteiger partial charge < -0.3 is 0 Å². The second-order valence-corrected chi connectivity index (χ2v) is 5.17. The van der Waals surface area contributed by atoms with Crippen molar-refractivity contribution in [1.82, 2.24) is 9.78 Å². The number of aromatic nitrogens is 2. The fraction of sp³-hybridized carbons (Fsp3) is 0.250. The van der Waals surface area contributed by atoms with Crippen molar-refractivity contribution in [3.8, 4) is 0 Å². The quantitative estimate of drug-likeness (QED) is 0.815. The Bertz CT molecular complexity index is 566. The Morgan fingerprint density at radius 1 is 1.41 bits per heavy atom. The van der Waals surface area contributed by atoms with E-state index in [9.17, 15) is 4.39 Å². The van der Waals surface area contributed by atoms with E-state index in [2.05, 4.69) is 21.0 Å². The predicted molar refractivity (Wildman–Crippen MR) is 69.9 cm³/mol. The summed E-state index contributed by atoms with van der Waals surface area (Å²) in [5.74, 6) is -0.247.